The van der Waals surface area contributed by atoms with Crippen LogP contribution in [0, 0.1) is 0 Å². The molecule has 0 saturated carbocycles. The molecule has 1 aliphatic heterocycles. The lowest BCUT2D eigenvalue weighted by Gasteiger charge is -2.33. The summed E-state index contributed by atoms with van der Waals surface area (Å²) in [6.07, 6.45) is -0.832. The van der Waals surface area contributed by atoms with Gasteiger partial charge in [0.1, 0.15) is 0 Å². The summed E-state index contributed by atoms with van der Waals surface area (Å²) in [4.78, 5) is 0. The lowest BCUT2D eigenvalue weighted by Crippen LogP contribution is -2.23. The van der Waals surface area contributed by atoms with Crippen LogP contribution in [0.2, 0.25) is 0 Å². The van der Waals surface area contributed by atoms with E-state index in [2.05, 4.69) is 10.2 Å². The van der Waals surface area contributed by atoms with Crippen molar-refractivity contribution in [2.45, 2.75) is 18.3 Å². The van der Waals surface area contributed by atoms with Crippen molar-refractivity contribution in [2.75, 3.05) is 12.7 Å². The van der Waals surface area contributed by atoms with Gasteiger partial charge in [0.05, 0.1) is 12.7 Å². The summed E-state index contributed by atoms with van der Waals surface area (Å²) in [6, 6.07) is 9.67. The molecule has 0 aromatic heterocycles. The lowest BCUT2D eigenvalue weighted by molar-refractivity contribution is -0.0937. The first-order chi connectivity index (χ1) is 8.77. The Labute approximate surface area is 94.8 Å². The minimum absolute atomic E-state index is 0.0874. The van der Waals surface area contributed by atoms with Gasteiger partial charge in [0.25, 0.3) is 0 Å². The van der Waals surface area contributed by atoms with Crippen molar-refractivity contribution in [1.29, 1.82) is 2.86 Å². The number of hydrogen-bond donors (Lipinski definition) is 2. The molecule has 0 radical (unpaired) electrons. The molecule has 2 rings (SSSR count). The molecule has 1 heterocycles. The van der Waals surface area contributed by atoms with Crippen LogP contribution in [-0.4, -0.2) is 32.1 Å². The molecule has 0 amide bonds. The van der Waals surface area contributed by atoms with Gasteiger partial charge in [0.2, 0.25) is 2.86 Å². The first-order valence-electron chi connectivity index (χ1n) is 6.20. The third-order valence-corrected chi connectivity index (χ3v) is 4.51. The molecule has 1 aromatic rings. The Balaban J connectivity index is 2.23. The molecule has 1 aromatic carbocycles. The summed E-state index contributed by atoms with van der Waals surface area (Å²) in [6.45, 7) is 0. The third-order valence-electron chi connectivity index (χ3n) is 2.44. The molecule has 2 N–H and O–H groups in total. The van der Waals surface area contributed by atoms with Crippen molar-refractivity contribution in [3.63, 3.8) is 0 Å². The van der Waals surface area contributed by atoms with E-state index in [4.69, 9.17) is 8.97 Å². The summed E-state index contributed by atoms with van der Waals surface area (Å²) in [5, 5.41) is 8.92. The average Bonchev–Trinajstić information content (AvgIpc) is 2.40. The Morgan fingerprint density at radius 1 is 1.53 bits per heavy atom. The molecule has 0 aliphatic carbocycles. The van der Waals surface area contributed by atoms with E-state index in [1.165, 1.54) is 0 Å². The molecular weight excluding hydrogens is 211 g/mol. The summed E-state index contributed by atoms with van der Waals surface area (Å²) < 4.78 is 27.3. The second-order valence-electron chi connectivity index (χ2n) is 3.43. The number of hydrogen-bond acceptors (Lipinski definition) is 3. The third kappa shape index (κ3) is 2.56. The van der Waals surface area contributed by atoms with Crippen molar-refractivity contribution in [1.82, 2.24) is 0 Å². The minimum Gasteiger partial charge on any atom is -0.392 e. The van der Waals surface area contributed by atoms with Crippen LogP contribution in [0.1, 0.15) is 19.0 Å². The molecular formula is C11H15O3P. The van der Waals surface area contributed by atoms with E-state index in [9.17, 15) is 0 Å². The number of benzene rings is 1. The first-order valence-corrected chi connectivity index (χ1v) is 6.59. The highest BCUT2D eigenvalue weighted by Gasteiger charge is 2.30. The molecule has 4 heteroatoms. The zero-order valence-corrected chi connectivity index (χ0v) is 9.10. The SMILES string of the molecule is [2H]OC[P@@]1CO[C@H](O[2H])[C@@H]([2H])[C@H]1c1ccccc1. The highest BCUT2D eigenvalue weighted by Crippen LogP contribution is 2.55. The molecule has 1 aliphatic rings. The second kappa shape index (κ2) is 5.04. The van der Waals surface area contributed by atoms with Crippen LogP contribution in [0.4, 0.5) is 0 Å². The van der Waals surface area contributed by atoms with E-state index in [0.29, 0.717) is 6.35 Å². The number of ether oxygens (including phenoxy) is 1. The van der Waals surface area contributed by atoms with Crippen molar-refractivity contribution >= 4 is 7.92 Å². The molecule has 15 heavy (non-hydrogen) atoms. The fraction of sp³-hybridized carbons (Fsp3) is 0.455. The lowest BCUT2D eigenvalue weighted by atomic mass is 10.1. The minimum atomic E-state index is -0.834. The monoisotopic (exact) mass is 229 g/mol. The largest absolute Gasteiger partial charge is 0.392 e. The van der Waals surface area contributed by atoms with Crippen molar-refractivity contribution in [3.05, 3.63) is 35.9 Å². The van der Waals surface area contributed by atoms with Crippen molar-refractivity contribution in [2.24, 2.45) is 0 Å². The van der Waals surface area contributed by atoms with E-state index >= 15 is 0 Å². The van der Waals surface area contributed by atoms with Gasteiger partial charge >= 0.3 is 0 Å². The van der Waals surface area contributed by atoms with Gasteiger partial charge in [0.15, 0.2) is 6.29 Å². The van der Waals surface area contributed by atoms with Gasteiger partial charge in [-0.05, 0) is 13.5 Å². The molecule has 82 valence electrons. The Morgan fingerprint density at radius 2 is 2.40 bits per heavy atom. The fourth-order valence-corrected chi connectivity index (χ4v) is 3.38. The molecule has 1 saturated heterocycles. The number of aliphatic hydroxyl groups is 2. The Kier molecular flexibility index (Phi) is 2.60. The van der Waals surface area contributed by atoms with Gasteiger partial charge in [-0.3, -0.25) is 0 Å². The highest BCUT2D eigenvalue weighted by atomic mass is 31.1. The molecule has 0 bridgehead atoms. The number of aliphatic hydroxyl groups excluding tert-OH is 2. The Bertz CT molecular complexity index is 366. The number of rotatable bonds is 4. The van der Waals surface area contributed by atoms with Crippen LogP contribution in [0.5, 0.6) is 0 Å². The second-order valence-corrected chi connectivity index (χ2v) is 5.68. The summed E-state index contributed by atoms with van der Waals surface area (Å²) in [5.41, 5.74) is 0.932. The molecule has 1 fully saturated rings. The highest BCUT2D eigenvalue weighted by molar-refractivity contribution is 7.57. The topological polar surface area (TPSA) is 49.7 Å². The summed E-state index contributed by atoms with van der Waals surface area (Å²) >= 11 is 0. The van der Waals surface area contributed by atoms with Gasteiger partial charge in [-0.25, -0.2) is 0 Å². The van der Waals surface area contributed by atoms with E-state index in [1.54, 1.807) is 0 Å². The Morgan fingerprint density at radius 3 is 3.13 bits per heavy atom. The van der Waals surface area contributed by atoms with Gasteiger partial charge in [0, 0.05) is 13.4 Å². The van der Waals surface area contributed by atoms with E-state index in [0.717, 1.165) is 5.56 Å². The molecule has 3 nitrogen and oxygen atoms in total. The zero-order chi connectivity index (χ0) is 13.0. The van der Waals surface area contributed by atoms with Crippen LogP contribution in [0.3, 0.4) is 0 Å². The first kappa shape index (κ1) is 7.75. The predicted octanol–water partition coefficient (Wildman–Crippen LogP) is 1.86. The van der Waals surface area contributed by atoms with Crippen molar-refractivity contribution in [3.8, 4) is 0 Å². The summed E-state index contributed by atoms with van der Waals surface area (Å²) in [5.74, 6) is 0. The normalized spacial score (nSPS) is 39.1. The van der Waals surface area contributed by atoms with Crippen LogP contribution < -0.4 is 0 Å². The summed E-state index contributed by atoms with van der Waals surface area (Å²) in [7, 11) is -0.766. The van der Waals surface area contributed by atoms with Gasteiger partial charge < -0.3 is 15.0 Å². The van der Waals surface area contributed by atoms with Crippen LogP contribution >= 0.6 is 7.92 Å². The average molecular weight is 229 g/mol. The molecule has 4 atom stereocenters. The predicted molar refractivity (Wildman–Crippen MR) is 59.8 cm³/mol. The maximum absolute atomic E-state index is 8.16. The smallest absolute Gasteiger partial charge is 0.213 e. The maximum Gasteiger partial charge on any atom is 0.213 e. The van der Waals surface area contributed by atoms with Crippen LogP contribution in [0.15, 0.2) is 30.3 Å². The maximum atomic E-state index is 8.16. The van der Waals surface area contributed by atoms with E-state index in [1.807, 2.05) is 30.3 Å². The van der Waals surface area contributed by atoms with E-state index < -0.39 is 20.6 Å². The van der Waals surface area contributed by atoms with Crippen LogP contribution in [-0.2, 0) is 4.74 Å². The van der Waals surface area contributed by atoms with Gasteiger partial charge in [-0.1, -0.05) is 30.3 Å². The van der Waals surface area contributed by atoms with Crippen molar-refractivity contribution < 1.29 is 16.3 Å². The molecule has 0 spiro atoms. The Hall–Kier alpha value is -0.470. The van der Waals surface area contributed by atoms with Gasteiger partial charge in [-0.2, -0.15) is 0 Å². The molecule has 0 unspecified atom stereocenters. The zero-order valence-electron chi connectivity index (χ0n) is 11.2. The quantitative estimate of drug-likeness (QED) is 0.775. The standard InChI is InChI=1S/C11H15O3P/c12-7-15-8-14-11(13)6-10(15)9-4-2-1-3-5-9/h1-5,10-13H,6-8H2/t10-,11-,15-/m0/s1/i6D,12D,13D/t6-,10-,11-,15-. The fourth-order valence-electron chi connectivity index (χ4n) is 1.67. The van der Waals surface area contributed by atoms with Crippen LogP contribution in [0.25, 0.3) is 0 Å². The van der Waals surface area contributed by atoms with Gasteiger partial charge in [-0.15, -0.1) is 0 Å². The van der Waals surface area contributed by atoms with E-state index in [-0.39, 0.29) is 12.0 Å².